The zero-order valence-corrected chi connectivity index (χ0v) is 8.44. The molecule has 80 valence electrons. The second-order valence-corrected chi connectivity index (χ2v) is 2.99. The molecule has 1 rings (SSSR count). The molecule has 0 aliphatic carbocycles. The summed E-state index contributed by atoms with van der Waals surface area (Å²) >= 11 is 5.22. The Bertz CT molecular complexity index is 380. The van der Waals surface area contributed by atoms with E-state index in [9.17, 15) is 14.9 Å². The lowest BCUT2D eigenvalue weighted by Gasteiger charge is -2.02. The van der Waals surface area contributed by atoms with Crippen LogP contribution in [0.2, 0.25) is 0 Å². The maximum Gasteiger partial charge on any atom is 0.321 e. The van der Waals surface area contributed by atoms with Crippen LogP contribution >= 0.6 is 11.6 Å². The van der Waals surface area contributed by atoms with Gasteiger partial charge in [-0.2, -0.15) is 0 Å². The van der Waals surface area contributed by atoms with E-state index in [0.29, 0.717) is 5.56 Å². The first-order valence-corrected chi connectivity index (χ1v) is 4.62. The summed E-state index contributed by atoms with van der Waals surface area (Å²) in [6.45, 7) is -0.00671. The number of halogens is 1. The van der Waals surface area contributed by atoms with Gasteiger partial charge >= 0.3 is 5.97 Å². The number of alkyl halides is 1. The van der Waals surface area contributed by atoms with Crippen LogP contribution in [0.5, 0.6) is 0 Å². The van der Waals surface area contributed by atoms with Gasteiger partial charge in [-0.05, 0) is 5.56 Å². The third-order valence-electron chi connectivity index (χ3n) is 1.63. The molecular formula is C9H8ClNO4. The first kappa shape index (κ1) is 11.5. The Balaban J connectivity index is 2.66. The summed E-state index contributed by atoms with van der Waals surface area (Å²) in [6, 6.07) is 5.88. The largest absolute Gasteiger partial charge is 0.460 e. The van der Waals surface area contributed by atoms with Gasteiger partial charge in [-0.1, -0.05) is 12.1 Å². The molecule has 15 heavy (non-hydrogen) atoms. The van der Waals surface area contributed by atoms with Crippen LogP contribution in [0.1, 0.15) is 5.56 Å². The summed E-state index contributed by atoms with van der Waals surface area (Å²) in [7, 11) is 0. The second-order valence-electron chi connectivity index (χ2n) is 2.72. The van der Waals surface area contributed by atoms with Crippen molar-refractivity contribution in [2.45, 2.75) is 6.61 Å². The Morgan fingerprint density at radius 1 is 1.53 bits per heavy atom. The van der Waals surface area contributed by atoms with Gasteiger partial charge in [0, 0.05) is 12.1 Å². The smallest absolute Gasteiger partial charge is 0.321 e. The lowest BCUT2D eigenvalue weighted by Crippen LogP contribution is -2.05. The normalized spacial score (nSPS) is 9.67. The van der Waals surface area contributed by atoms with Crippen molar-refractivity contribution in [2.24, 2.45) is 0 Å². The van der Waals surface area contributed by atoms with Crippen molar-refractivity contribution in [1.82, 2.24) is 0 Å². The molecular weight excluding hydrogens is 222 g/mol. The molecule has 1 aromatic carbocycles. The van der Waals surface area contributed by atoms with Gasteiger partial charge in [-0.3, -0.25) is 14.9 Å². The molecule has 0 radical (unpaired) electrons. The van der Waals surface area contributed by atoms with E-state index in [2.05, 4.69) is 0 Å². The van der Waals surface area contributed by atoms with Gasteiger partial charge in [-0.25, -0.2) is 0 Å². The molecule has 0 bridgehead atoms. The van der Waals surface area contributed by atoms with E-state index >= 15 is 0 Å². The number of carbonyl (C=O) groups is 1. The van der Waals surface area contributed by atoms with Gasteiger partial charge in [0.05, 0.1) is 4.92 Å². The zero-order valence-electron chi connectivity index (χ0n) is 7.68. The van der Waals surface area contributed by atoms with Gasteiger partial charge in [-0.15, -0.1) is 11.6 Å². The van der Waals surface area contributed by atoms with Crippen molar-refractivity contribution in [1.29, 1.82) is 0 Å². The molecule has 0 atom stereocenters. The molecule has 0 saturated carbocycles. The third-order valence-corrected chi connectivity index (χ3v) is 1.85. The predicted molar refractivity (Wildman–Crippen MR) is 53.6 cm³/mol. The highest BCUT2D eigenvalue weighted by Crippen LogP contribution is 2.13. The molecule has 0 aliphatic heterocycles. The highest BCUT2D eigenvalue weighted by atomic mass is 35.5. The minimum atomic E-state index is -0.553. The number of carbonyl (C=O) groups excluding carboxylic acids is 1. The van der Waals surface area contributed by atoms with Crippen LogP contribution in [-0.4, -0.2) is 16.8 Å². The minimum Gasteiger partial charge on any atom is -0.460 e. The van der Waals surface area contributed by atoms with Crippen LogP contribution in [-0.2, 0) is 16.1 Å². The zero-order chi connectivity index (χ0) is 11.3. The number of nitro groups is 1. The number of rotatable bonds is 4. The number of esters is 1. The molecule has 0 amide bonds. The summed E-state index contributed by atoms with van der Waals surface area (Å²) in [6.07, 6.45) is 0. The Morgan fingerprint density at radius 2 is 2.27 bits per heavy atom. The molecule has 1 aromatic rings. The molecule has 0 fully saturated rings. The van der Waals surface area contributed by atoms with Crippen molar-refractivity contribution in [2.75, 3.05) is 5.88 Å². The van der Waals surface area contributed by atoms with Gasteiger partial charge in [0.25, 0.3) is 5.69 Å². The number of benzene rings is 1. The topological polar surface area (TPSA) is 69.4 Å². The van der Waals surface area contributed by atoms with Crippen LogP contribution in [0.15, 0.2) is 24.3 Å². The molecule has 0 aromatic heterocycles. The maximum atomic E-state index is 10.7. The summed E-state index contributed by atoms with van der Waals surface area (Å²) in [4.78, 5) is 20.6. The van der Waals surface area contributed by atoms with Crippen molar-refractivity contribution in [3.8, 4) is 0 Å². The number of hydrogen-bond acceptors (Lipinski definition) is 4. The first-order valence-electron chi connectivity index (χ1n) is 4.08. The van der Waals surface area contributed by atoms with Crippen LogP contribution in [0.25, 0.3) is 0 Å². The SMILES string of the molecule is O=C(CCl)OCc1cccc([N+](=O)[O-])c1. The van der Waals surface area contributed by atoms with Crippen molar-refractivity contribution in [3.63, 3.8) is 0 Å². The summed E-state index contributed by atoms with van der Waals surface area (Å²) in [5, 5.41) is 10.4. The number of hydrogen-bond donors (Lipinski definition) is 0. The Morgan fingerprint density at radius 3 is 2.87 bits per heavy atom. The van der Waals surface area contributed by atoms with E-state index in [4.69, 9.17) is 16.3 Å². The average molecular weight is 230 g/mol. The van der Waals surface area contributed by atoms with E-state index in [-0.39, 0.29) is 18.2 Å². The molecule has 0 saturated heterocycles. The number of non-ortho nitro benzene ring substituents is 1. The van der Waals surface area contributed by atoms with Crippen LogP contribution in [0.4, 0.5) is 5.69 Å². The first-order chi connectivity index (χ1) is 7.13. The fourth-order valence-electron chi connectivity index (χ4n) is 0.962. The standard InChI is InChI=1S/C9H8ClNO4/c10-5-9(12)15-6-7-2-1-3-8(4-7)11(13)14/h1-4H,5-6H2. The van der Waals surface area contributed by atoms with Crippen LogP contribution in [0.3, 0.4) is 0 Å². The van der Waals surface area contributed by atoms with Crippen molar-refractivity contribution >= 4 is 23.3 Å². The van der Waals surface area contributed by atoms with E-state index in [0.717, 1.165) is 0 Å². The summed E-state index contributed by atoms with van der Waals surface area (Å²) in [5.41, 5.74) is 0.525. The highest BCUT2D eigenvalue weighted by Gasteiger charge is 2.06. The van der Waals surface area contributed by atoms with Gasteiger partial charge in [0.1, 0.15) is 12.5 Å². The van der Waals surface area contributed by atoms with E-state index < -0.39 is 10.9 Å². The highest BCUT2D eigenvalue weighted by molar-refractivity contribution is 6.26. The van der Waals surface area contributed by atoms with Gasteiger partial charge in [0.15, 0.2) is 0 Å². The van der Waals surface area contributed by atoms with E-state index in [1.54, 1.807) is 6.07 Å². The number of nitrogens with zero attached hydrogens (tertiary/aromatic N) is 1. The summed E-state index contributed by atoms with van der Waals surface area (Å²) < 4.78 is 4.72. The second kappa shape index (κ2) is 5.31. The van der Waals surface area contributed by atoms with Crippen molar-refractivity contribution in [3.05, 3.63) is 39.9 Å². The third kappa shape index (κ3) is 3.55. The predicted octanol–water partition coefficient (Wildman–Crippen LogP) is 1.88. The van der Waals surface area contributed by atoms with E-state index in [1.165, 1.54) is 18.2 Å². The lowest BCUT2D eigenvalue weighted by molar-refractivity contribution is -0.384. The fourth-order valence-corrected chi connectivity index (χ4v) is 1.04. The maximum absolute atomic E-state index is 10.7. The van der Waals surface area contributed by atoms with Gasteiger partial charge in [0.2, 0.25) is 0 Å². The van der Waals surface area contributed by atoms with Crippen LogP contribution in [0, 0.1) is 10.1 Å². The molecule has 6 heteroatoms. The van der Waals surface area contributed by atoms with Gasteiger partial charge < -0.3 is 4.74 Å². The molecule has 0 spiro atoms. The van der Waals surface area contributed by atoms with Crippen LogP contribution < -0.4 is 0 Å². The Hall–Kier alpha value is -1.62. The molecule has 0 heterocycles. The molecule has 0 aliphatic rings. The molecule has 0 N–H and O–H groups in total. The Labute approximate surface area is 90.8 Å². The molecule has 5 nitrogen and oxygen atoms in total. The summed E-state index contributed by atoms with van der Waals surface area (Å²) in [5.74, 6) is -0.780. The van der Waals surface area contributed by atoms with Crippen molar-refractivity contribution < 1.29 is 14.5 Å². The lowest BCUT2D eigenvalue weighted by atomic mass is 10.2. The number of ether oxygens (including phenoxy) is 1. The fraction of sp³-hybridized carbons (Fsp3) is 0.222. The molecule has 0 unspecified atom stereocenters. The minimum absolute atomic E-state index is 0.00671. The van der Waals surface area contributed by atoms with E-state index in [1.807, 2.05) is 0 Å². The quantitative estimate of drug-likeness (QED) is 0.342. The monoisotopic (exact) mass is 229 g/mol. The average Bonchev–Trinajstić information content (AvgIpc) is 2.26. The Kier molecular flexibility index (Phi) is 4.05. The number of nitro benzene ring substituents is 1.